The lowest BCUT2D eigenvalue weighted by molar-refractivity contribution is 0.394. The molecule has 0 amide bonds. The maximum atomic E-state index is 11.6. The molecule has 0 aliphatic carbocycles. The highest BCUT2D eigenvalue weighted by molar-refractivity contribution is 5.81. The van der Waals surface area contributed by atoms with E-state index in [-0.39, 0.29) is 5.56 Å². The minimum Gasteiger partial charge on any atom is -0.322 e. The van der Waals surface area contributed by atoms with Gasteiger partial charge in [0.15, 0.2) is 0 Å². The normalized spacial score (nSPS) is 11.3. The Morgan fingerprint density at radius 3 is 2.84 bits per heavy atom. The van der Waals surface area contributed by atoms with Crippen molar-refractivity contribution in [2.24, 2.45) is 0 Å². The molecule has 0 aliphatic rings. The average molecular weight is 259 g/mol. The van der Waals surface area contributed by atoms with Gasteiger partial charge in [0.05, 0.1) is 0 Å². The number of H-pyrrole nitrogens is 1. The summed E-state index contributed by atoms with van der Waals surface area (Å²) in [5, 5.41) is 4.51. The van der Waals surface area contributed by atoms with Gasteiger partial charge in [-0.1, -0.05) is 18.2 Å². The zero-order chi connectivity index (χ0) is 13.7. The van der Waals surface area contributed by atoms with Gasteiger partial charge in [0.25, 0.3) is 0 Å². The van der Waals surface area contributed by atoms with E-state index < -0.39 is 0 Å². The van der Waals surface area contributed by atoms with Gasteiger partial charge >= 0.3 is 0 Å². The van der Waals surface area contributed by atoms with Crippen molar-refractivity contribution < 1.29 is 0 Å². The molecule has 102 valence electrons. The van der Waals surface area contributed by atoms with E-state index in [0.29, 0.717) is 0 Å². The van der Waals surface area contributed by atoms with Crippen LogP contribution in [0.2, 0.25) is 0 Å². The van der Waals surface area contributed by atoms with Crippen molar-refractivity contribution >= 4 is 10.9 Å². The number of hydrogen-bond acceptors (Lipinski definition) is 3. The molecular formula is C15H21N3O. The van der Waals surface area contributed by atoms with Crippen LogP contribution in [-0.4, -0.2) is 37.1 Å². The number of nitrogens with zero attached hydrogens (tertiary/aromatic N) is 1. The fourth-order valence-corrected chi connectivity index (χ4v) is 2.17. The Balaban J connectivity index is 2.02. The third-order valence-corrected chi connectivity index (χ3v) is 3.11. The molecule has 0 fully saturated rings. The van der Waals surface area contributed by atoms with Crippen molar-refractivity contribution in [2.75, 3.05) is 27.2 Å². The van der Waals surface area contributed by atoms with Gasteiger partial charge in [-0.25, -0.2) is 0 Å². The molecule has 19 heavy (non-hydrogen) atoms. The standard InChI is InChI=1S/C15H21N3O/c1-18(2)9-5-8-16-11-12-10-15(19)17-14-7-4-3-6-13(12)14/h3-4,6-7,10,16H,5,8-9,11H2,1-2H3,(H,17,19). The van der Waals surface area contributed by atoms with Gasteiger partial charge < -0.3 is 15.2 Å². The Morgan fingerprint density at radius 1 is 1.26 bits per heavy atom. The van der Waals surface area contributed by atoms with Crippen LogP contribution in [0.25, 0.3) is 10.9 Å². The summed E-state index contributed by atoms with van der Waals surface area (Å²) in [6.07, 6.45) is 1.11. The molecular weight excluding hydrogens is 238 g/mol. The van der Waals surface area contributed by atoms with E-state index in [1.165, 1.54) is 0 Å². The fourth-order valence-electron chi connectivity index (χ4n) is 2.17. The summed E-state index contributed by atoms with van der Waals surface area (Å²) in [5.74, 6) is 0. The molecule has 0 atom stereocenters. The molecule has 0 unspecified atom stereocenters. The van der Waals surface area contributed by atoms with Crippen LogP contribution in [0, 0.1) is 0 Å². The van der Waals surface area contributed by atoms with Gasteiger partial charge in [0.1, 0.15) is 0 Å². The molecule has 0 radical (unpaired) electrons. The van der Waals surface area contributed by atoms with Crippen molar-refractivity contribution in [3.05, 3.63) is 46.2 Å². The Hall–Kier alpha value is -1.65. The molecule has 1 aromatic heterocycles. The average Bonchev–Trinajstić information content (AvgIpc) is 2.37. The van der Waals surface area contributed by atoms with Crippen molar-refractivity contribution in [3.8, 4) is 0 Å². The first-order valence-electron chi connectivity index (χ1n) is 6.63. The summed E-state index contributed by atoms with van der Waals surface area (Å²) >= 11 is 0. The lowest BCUT2D eigenvalue weighted by Gasteiger charge is -2.10. The smallest absolute Gasteiger partial charge is 0.248 e. The topological polar surface area (TPSA) is 48.1 Å². The first-order chi connectivity index (χ1) is 9.16. The molecule has 0 saturated heterocycles. The molecule has 0 bridgehead atoms. The number of aromatic amines is 1. The van der Waals surface area contributed by atoms with Crippen molar-refractivity contribution in [1.82, 2.24) is 15.2 Å². The highest BCUT2D eigenvalue weighted by Gasteiger charge is 2.02. The van der Waals surface area contributed by atoms with Gasteiger partial charge in [-0.05, 0) is 45.2 Å². The molecule has 0 spiro atoms. The predicted octanol–water partition coefficient (Wildman–Crippen LogP) is 1.57. The second-order valence-electron chi connectivity index (χ2n) is 5.04. The second kappa shape index (κ2) is 6.50. The quantitative estimate of drug-likeness (QED) is 0.774. The number of aromatic nitrogens is 1. The Bertz CT molecular complexity index is 589. The Labute approximate surface area is 113 Å². The number of nitrogens with one attached hydrogen (secondary N) is 2. The number of hydrogen-bond donors (Lipinski definition) is 2. The zero-order valence-corrected chi connectivity index (χ0v) is 11.6. The van der Waals surface area contributed by atoms with Crippen molar-refractivity contribution in [2.45, 2.75) is 13.0 Å². The molecule has 0 saturated carbocycles. The Kier molecular flexibility index (Phi) is 4.71. The fraction of sp³-hybridized carbons (Fsp3) is 0.400. The van der Waals surface area contributed by atoms with Crippen LogP contribution in [0.3, 0.4) is 0 Å². The third kappa shape index (κ3) is 3.91. The van der Waals surface area contributed by atoms with Crippen LogP contribution in [0.15, 0.2) is 35.1 Å². The van der Waals surface area contributed by atoms with Crippen LogP contribution in [0.4, 0.5) is 0 Å². The highest BCUT2D eigenvalue weighted by atomic mass is 16.1. The van der Waals surface area contributed by atoms with E-state index in [1.54, 1.807) is 6.07 Å². The van der Waals surface area contributed by atoms with Gasteiger partial charge in [-0.2, -0.15) is 0 Å². The summed E-state index contributed by atoms with van der Waals surface area (Å²) in [4.78, 5) is 16.6. The number of pyridine rings is 1. The molecule has 0 aliphatic heterocycles. The summed E-state index contributed by atoms with van der Waals surface area (Å²) in [6.45, 7) is 2.76. The summed E-state index contributed by atoms with van der Waals surface area (Å²) in [5.41, 5.74) is 1.92. The highest BCUT2D eigenvalue weighted by Crippen LogP contribution is 2.13. The van der Waals surface area contributed by atoms with Crippen LogP contribution in [-0.2, 0) is 6.54 Å². The van der Waals surface area contributed by atoms with Gasteiger partial charge in [-0.3, -0.25) is 4.79 Å². The Morgan fingerprint density at radius 2 is 2.05 bits per heavy atom. The minimum atomic E-state index is -0.0382. The largest absolute Gasteiger partial charge is 0.322 e. The van der Waals surface area contributed by atoms with E-state index in [2.05, 4.69) is 29.3 Å². The summed E-state index contributed by atoms with van der Waals surface area (Å²) in [7, 11) is 4.15. The first kappa shape index (κ1) is 13.8. The zero-order valence-electron chi connectivity index (χ0n) is 11.6. The van der Waals surface area contributed by atoms with Crippen LogP contribution >= 0.6 is 0 Å². The van der Waals surface area contributed by atoms with Gasteiger partial charge in [-0.15, -0.1) is 0 Å². The molecule has 1 heterocycles. The van der Waals surface area contributed by atoms with Gasteiger partial charge in [0, 0.05) is 23.5 Å². The lowest BCUT2D eigenvalue weighted by Crippen LogP contribution is -2.21. The maximum absolute atomic E-state index is 11.6. The number of fused-ring (bicyclic) bond motifs is 1. The van der Waals surface area contributed by atoms with E-state index in [0.717, 1.165) is 42.5 Å². The van der Waals surface area contributed by atoms with Crippen molar-refractivity contribution in [1.29, 1.82) is 0 Å². The summed E-state index contributed by atoms with van der Waals surface area (Å²) < 4.78 is 0. The molecule has 2 N–H and O–H groups in total. The van der Waals surface area contributed by atoms with E-state index in [4.69, 9.17) is 0 Å². The lowest BCUT2D eigenvalue weighted by atomic mass is 10.1. The van der Waals surface area contributed by atoms with E-state index >= 15 is 0 Å². The monoisotopic (exact) mass is 259 g/mol. The molecule has 4 nitrogen and oxygen atoms in total. The molecule has 4 heteroatoms. The SMILES string of the molecule is CN(C)CCCNCc1cc(=O)[nH]c2ccccc12. The molecule has 2 rings (SSSR count). The minimum absolute atomic E-state index is 0.0382. The number of para-hydroxylation sites is 1. The van der Waals surface area contributed by atoms with Crippen LogP contribution in [0.5, 0.6) is 0 Å². The van der Waals surface area contributed by atoms with E-state index in [9.17, 15) is 4.79 Å². The number of rotatable bonds is 6. The van der Waals surface area contributed by atoms with Crippen LogP contribution < -0.4 is 10.9 Å². The number of benzene rings is 1. The van der Waals surface area contributed by atoms with Crippen molar-refractivity contribution in [3.63, 3.8) is 0 Å². The van der Waals surface area contributed by atoms with Crippen LogP contribution in [0.1, 0.15) is 12.0 Å². The predicted molar refractivity (Wildman–Crippen MR) is 79.4 cm³/mol. The molecule has 1 aromatic carbocycles. The molecule has 2 aromatic rings. The van der Waals surface area contributed by atoms with E-state index in [1.807, 2.05) is 24.3 Å². The second-order valence-corrected chi connectivity index (χ2v) is 5.04. The maximum Gasteiger partial charge on any atom is 0.248 e. The first-order valence-corrected chi connectivity index (χ1v) is 6.63. The summed E-state index contributed by atoms with van der Waals surface area (Å²) in [6, 6.07) is 9.60. The van der Waals surface area contributed by atoms with Gasteiger partial charge in [0.2, 0.25) is 5.56 Å². The third-order valence-electron chi connectivity index (χ3n) is 3.11.